The highest BCUT2D eigenvalue weighted by molar-refractivity contribution is 14.1. The maximum Gasteiger partial charge on any atom is 0.255 e. The van der Waals surface area contributed by atoms with Gasteiger partial charge in [0.05, 0.1) is 15.7 Å². The molecule has 0 spiro atoms. The lowest BCUT2D eigenvalue weighted by Crippen LogP contribution is -2.35. The number of carbonyl (C=O) groups is 1. The van der Waals surface area contributed by atoms with Crippen LogP contribution in [-0.2, 0) is 0 Å². The van der Waals surface area contributed by atoms with Gasteiger partial charge in [-0.15, -0.1) is 0 Å². The molecule has 180 valence electrons. The maximum absolute atomic E-state index is 13.1. The molecule has 35 heavy (non-hydrogen) atoms. The summed E-state index contributed by atoms with van der Waals surface area (Å²) in [5.41, 5.74) is 8.34. The molecule has 0 radical (unpaired) electrons. The smallest absolute Gasteiger partial charge is 0.255 e. The molecule has 1 amide bonds. The van der Waals surface area contributed by atoms with E-state index in [1.165, 1.54) is 12.6 Å². The second-order valence-corrected chi connectivity index (χ2v) is 10.2. The monoisotopic (exact) mass is 620 g/mol. The lowest BCUT2D eigenvalue weighted by atomic mass is 10.1. The van der Waals surface area contributed by atoms with Crippen molar-refractivity contribution in [2.24, 2.45) is 10.7 Å². The molecule has 0 bridgehead atoms. The number of nitrogens with zero attached hydrogens (tertiary/aromatic N) is 3. The van der Waals surface area contributed by atoms with Crippen LogP contribution in [0.4, 0.5) is 11.5 Å². The maximum atomic E-state index is 13.1. The molecule has 1 aromatic heterocycles. The Morgan fingerprint density at radius 1 is 1.06 bits per heavy atom. The molecule has 2 heterocycles. The molecule has 4 N–H and O–H groups in total. The fourth-order valence-corrected chi connectivity index (χ4v) is 4.97. The summed E-state index contributed by atoms with van der Waals surface area (Å²) in [6.07, 6.45) is 4.88. The highest BCUT2D eigenvalue weighted by atomic mass is 127. The van der Waals surface area contributed by atoms with Crippen LogP contribution in [0.2, 0.25) is 10.0 Å². The number of amides is 1. The minimum atomic E-state index is -0.345. The van der Waals surface area contributed by atoms with Gasteiger partial charge >= 0.3 is 0 Å². The van der Waals surface area contributed by atoms with Gasteiger partial charge < -0.3 is 16.0 Å². The summed E-state index contributed by atoms with van der Waals surface area (Å²) in [7, 11) is 0. The Morgan fingerprint density at radius 2 is 1.74 bits per heavy atom. The molecule has 1 fully saturated rings. The minimum absolute atomic E-state index is 0.154. The summed E-state index contributed by atoms with van der Waals surface area (Å²) >= 11 is 14.5. The molecule has 4 rings (SSSR count). The zero-order valence-corrected chi connectivity index (χ0v) is 22.4. The van der Waals surface area contributed by atoms with Crippen LogP contribution in [0.3, 0.4) is 0 Å². The number of carbonyl (C=O) groups excluding carboxylic acids is 1. The Hall–Kier alpha value is -2.69. The number of halogens is 3. The molecule has 0 saturated carbocycles. The van der Waals surface area contributed by atoms with Crippen LogP contribution in [0.5, 0.6) is 0 Å². The van der Waals surface area contributed by atoms with Gasteiger partial charge in [-0.1, -0.05) is 35.3 Å². The highest BCUT2D eigenvalue weighted by Gasteiger charge is 2.18. The van der Waals surface area contributed by atoms with Gasteiger partial charge in [0.25, 0.3) is 5.91 Å². The Morgan fingerprint density at radius 3 is 2.40 bits per heavy atom. The van der Waals surface area contributed by atoms with Gasteiger partial charge in [-0.05, 0) is 78.3 Å². The number of piperidine rings is 1. The van der Waals surface area contributed by atoms with E-state index in [2.05, 4.69) is 42.8 Å². The number of nitrogens with one attached hydrogen (secondary N) is 2. The Bertz CT molecular complexity index is 1270. The zero-order valence-electron chi connectivity index (χ0n) is 18.7. The first-order valence-electron chi connectivity index (χ1n) is 11.0. The fraction of sp³-hybridized carbons (Fsp3) is 0.200. The fourth-order valence-electron chi connectivity index (χ4n) is 3.79. The Labute approximate surface area is 227 Å². The average molecular weight is 621 g/mol. The van der Waals surface area contributed by atoms with Crippen LogP contribution >= 0.6 is 45.8 Å². The van der Waals surface area contributed by atoms with Gasteiger partial charge in [0.2, 0.25) is 0 Å². The summed E-state index contributed by atoms with van der Waals surface area (Å²) in [6, 6.07) is 13.8. The second kappa shape index (κ2) is 11.4. The number of aromatic nitrogens is 1. The van der Waals surface area contributed by atoms with Crippen molar-refractivity contribution in [2.45, 2.75) is 19.3 Å². The molecule has 1 saturated heterocycles. The van der Waals surface area contributed by atoms with E-state index in [0.717, 1.165) is 35.1 Å². The van der Waals surface area contributed by atoms with E-state index in [-0.39, 0.29) is 11.7 Å². The Balaban J connectivity index is 1.56. The minimum Gasteiger partial charge on any atom is -0.383 e. The second-order valence-electron chi connectivity index (χ2n) is 8.07. The van der Waals surface area contributed by atoms with Gasteiger partial charge in [0.15, 0.2) is 5.82 Å². The third-order valence-electron chi connectivity index (χ3n) is 5.61. The first-order valence-corrected chi connectivity index (χ1v) is 12.9. The number of hydrogen-bond donors (Lipinski definition) is 3. The number of likely N-dealkylation sites (tertiary alicyclic amines) is 1. The van der Waals surface area contributed by atoms with Crippen molar-refractivity contribution >= 4 is 74.9 Å². The number of pyridine rings is 1. The highest BCUT2D eigenvalue weighted by Crippen LogP contribution is 2.30. The summed E-state index contributed by atoms with van der Waals surface area (Å²) in [5.74, 6) is 0.675. The largest absolute Gasteiger partial charge is 0.383 e. The summed E-state index contributed by atoms with van der Waals surface area (Å²) in [5, 5.41) is 12.2. The lowest BCUT2D eigenvalue weighted by molar-refractivity contribution is 0.102. The first kappa shape index (κ1) is 25.4. The van der Waals surface area contributed by atoms with Crippen molar-refractivity contribution < 1.29 is 4.79 Å². The van der Waals surface area contributed by atoms with Crippen LogP contribution < -0.4 is 11.1 Å². The van der Waals surface area contributed by atoms with E-state index in [0.29, 0.717) is 38.5 Å². The summed E-state index contributed by atoms with van der Waals surface area (Å²) in [4.78, 5) is 23.6. The van der Waals surface area contributed by atoms with Crippen molar-refractivity contribution in [1.82, 2.24) is 9.88 Å². The van der Waals surface area contributed by atoms with Crippen molar-refractivity contribution in [3.63, 3.8) is 0 Å². The molecule has 10 heteroatoms. The molecule has 3 aromatic rings. The van der Waals surface area contributed by atoms with Gasteiger partial charge in [-0.2, -0.15) is 0 Å². The summed E-state index contributed by atoms with van der Waals surface area (Å²) < 4.78 is 0.836. The third-order valence-corrected chi connectivity index (χ3v) is 6.75. The van der Waals surface area contributed by atoms with E-state index in [1.807, 2.05) is 0 Å². The van der Waals surface area contributed by atoms with E-state index < -0.39 is 0 Å². The predicted molar refractivity (Wildman–Crippen MR) is 150 cm³/mol. The lowest BCUT2D eigenvalue weighted by Gasteiger charge is -2.29. The number of aliphatic imine (C=N–C) groups is 1. The van der Waals surface area contributed by atoms with Crippen molar-refractivity contribution in [2.75, 3.05) is 18.4 Å². The first-order chi connectivity index (χ1) is 16.8. The zero-order chi connectivity index (χ0) is 24.9. The number of anilines is 1. The van der Waals surface area contributed by atoms with Gasteiger partial charge in [0, 0.05) is 39.5 Å². The quantitative estimate of drug-likeness (QED) is 0.182. The number of rotatable bonds is 5. The molecule has 2 aromatic carbocycles. The molecular weight excluding hydrogens is 598 g/mol. The molecule has 1 aliphatic heterocycles. The van der Waals surface area contributed by atoms with Gasteiger partial charge in [0.1, 0.15) is 11.7 Å². The Kier molecular flexibility index (Phi) is 8.25. The third kappa shape index (κ3) is 6.31. The van der Waals surface area contributed by atoms with Crippen molar-refractivity contribution in [3.8, 4) is 0 Å². The number of amidine groups is 2. The SMILES string of the molecule is N=C(c1ccc(C(=O)Nc2c(Cl)cc(I)cc2C(N)=Nc2ccc(Cl)cn2)cc1)N1CCCCC1. The number of nitrogens with two attached hydrogens (primary N) is 1. The molecule has 0 atom stereocenters. The van der Waals surface area contributed by atoms with E-state index in [4.69, 9.17) is 34.3 Å². The molecular formula is C25H23Cl2IN6O. The molecule has 0 aliphatic carbocycles. The van der Waals surface area contributed by atoms with E-state index >= 15 is 0 Å². The van der Waals surface area contributed by atoms with Crippen LogP contribution in [0.15, 0.2) is 59.7 Å². The molecule has 7 nitrogen and oxygen atoms in total. The van der Waals surface area contributed by atoms with Crippen LogP contribution in [0.25, 0.3) is 0 Å². The number of hydrogen-bond acceptors (Lipinski definition) is 4. The average Bonchev–Trinajstić information content (AvgIpc) is 2.87. The molecule has 0 unspecified atom stereocenters. The van der Waals surface area contributed by atoms with E-state index in [9.17, 15) is 4.79 Å². The van der Waals surface area contributed by atoms with Crippen LogP contribution in [-0.4, -0.2) is 40.6 Å². The topological polar surface area (TPSA) is 107 Å². The van der Waals surface area contributed by atoms with Gasteiger partial charge in [-0.3, -0.25) is 10.2 Å². The van der Waals surface area contributed by atoms with Gasteiger partial charge in [-0.25, -0.2) is 9.98 Å². The normalized spacial score (nSPS) is 14.0. The van der Waals surface area contributed by atoms with E-state index in [1.54, 1.807) is 48.5 Å². The summed E-state index contributed by atoms with van der Waals surface area (Å²) in [6.45, 7) is 1.79. The standard InChI is InChI=1S/C25H23Cl2IN6O/c26-17-8-9-21(31-14-17)32-23(29)19-12-18(28)13-20(27)22(19)33-25(35)16-6-4-15(5-7-16)24(30)34-10-2-1-3-11-34/h4-9,12-14,30H,1-3,10-11H2,(H,33,35)(H2,29,31,32). The molecule has 1 aliphatic rings. The van der Waals surface area contributed by atoms with Crippen LogP contribution in [0.1, 0.15) is 40.7 Å². The van der Waals surface area contributed by atoms with Crippen molar-refractivity contribution in [3.05, 3.63) is 85.0 Å². The number of benzene rings is 2. The predicted octanol–water partition coefficient (Wildman–Crippen LogP) is 6.09. The van der Waals surface area contributed by atoms with Crippen LogP contribution in [0, 0.1) is 8.98 Å². The van der Waals surface area contributed by atoms with Crippen molar-refractivity contribution in [1.29, 1.82) is 5.41 Å².